The zero-order valence-corrected chi connectivity index (χ0v) is 22.2. The minimum Gasteiger partial charge on any atom is -0.372 e. The zero-order chi connectivity index (χ0) is 24.5. The summed E-state index contributed by atoms with van der Waals surface area (Å²) >= 11 is 5.94. The Morgan fingerprint density at radius 3 is 2.37 bits per heavy atom. The van der Waals surface area contributed by atoms with E-state index < -0.39 is 0 Å². The fourth-order valence-electron chi connectivity index (χ4n) is 6.16. The van der Waals surface area contributed by atoms with Crippen molar-refractivity contribution >= 4 is 23.0 Å². The Labute approximate surface area is 215 Å². The van der Waals surface area contributed by atoms with Gasteiger partial charge >= 0.3 is 0 Å². The fourth-order valence-corrected chi connectivity index (χ4v) is 6.55. The molecule has 0 spiro atoms. The van der Waals surface area contributed by atoms with Crippen molar-refractivity contribution in [2.24, 2.45) is 0 Å². The molecule has 1 aromatic carbocycles. The van der Waals surface area contributed by atoms with Gasteiger partial charge in [0, 0.05) is 48.1 Å². The Morgan fingerprint density at radius 1 is 1.03 bits per heavy atom. The number of anilines is 1. The first-order valence-corrected chi connectivity index (χ1v) is 13.5. The third-order valence-electron chi connectivity index (χ3n) is 7.88. The summed E-state index contributed by atoms with van der Waals surface area (Å²) in [5, 5.41) is 4.52. The predicted molar refractivity (Wildman–Crippen MR) is 148 cm³/mol. The molecule has 3 heterocycles. The topological polar surface area (TPSA) is 36.3 Å². The van der Waals surface area contributed by atoms with Crippen LogP contribution in [-0.4, -0.2) is 38.7 Å². The standard InChI is InChI=1S/C29H37N5S/c1-5-32(6-2)22-14-16-24(17-15-22)33-20(3)19-25(21(33)4)28-27(26-13-9-10-18-30-26)31-29(35)34(28)23-11-7-8-12-23/h9-10,13-19,23,27-28H,5-8,11-12H2,1-4H3,(H,31,35)/t27-,28-/m1/s1. The number of pyridine rings is 1. The van der Waals surface area contributed by atoms with Crippen LogP contribution < -0.4 is 10.2 Å². The Balaban J connectivity index is 1.56. The molecule has 184 valence electrons. The van der Waals surface area contributed by atoms with Crippen molar-refractivity contribution in [1.29, 1.82) is 0 Å². The van der Waals surface area contributed by atoms with Crippen molar-refractivity contribution in [1.82, 2.24) is 19.8 Å². The highest BCUT2D eigenvalue weighted by atomic mass is 32.1. The second-order valence-electron chi connectivity index (χ2n) is 9.82. The van der Waals surface area contributed by atoms with Crippen LogP contribution in [0, 0.1) is 13.8 Å². The molecule has 0 amide bonds. The van der Waals surface area contributed by atoms with Crippen molar-refractivity contribution in [3.8, 4) is 5.69 Å². The summed E-state index contributed by atoms with van der Waals surface area (Å²) in [4.78, 5) is 9.61. The van der Waals surface area contributed by atoms with Crippen molar-refractivity contribution in [2.45, 2.75) is 71.5 Å². The SMILES string of the molecule is CCN(CC)c1ccc(-n2c(C)cc([C@@H]3[C@@H](c4ccccn4)NC(=S)N3C3CCCC3)c2C)cc1. The lowest BCUT2D eigenvalue weighted by Gasteiger charge is -2.33. The minimum absolute atomic E-state index is 0.0447. The average molecular weight is 488 g/mol. The molecule has 0 bridgehead atoms. The summed E-state index contributed by atoms with van der Waals surface area (Å²) in [6.07, 6.45) is 6.86. The van der Waals surface area contributed by atoms with E-state index in [1.165, 1.54) is 54.0 Å². The van der Waals surface area contributed by atoms with Gasteiger partial charge in [-0.15, -0.1) is 0 Å². The lowest BCUT2D eigenvalue weighted by atomic mass is 9.95. The van der Waals surface area contributed by atoms with Gasteiger partial charge in [-0.2, -0.15) is 0 Å². The van der Waals surface area contributed by atoms with E-state index >= 15 is 0 Å². The van der Waals surface area contributed by atoms with Gasteiger partial charge in [0.15, 0.2) is 5.11 Å². The van der Waals surface area contributed by atoms with Crippen molar-refractivity contribution in [2.75, 3.05) is 18.0 Å². The first kappa shape index (κ1) is 23.9. The van der Waals surface area contributed by atoms with Gasteiger partial charge < -0.3 is 19.7 Å². The van der Waals surface area contributed by atoms with Gasteiger partial charge in [-0.05, 0) is 101 Å². The van der Waals surface area contributed by atoms with E-state index in [-0.39, 0.29) is 12.1 Å². The molecule has 5 nitrogen and oxygen atoms in total. The molecule has 35 heavy (non-hydrogen) atoms. The normalized spacial score (nSPS) is 20.5. The summed E-state index contributed by atoms with van der Waals surface area (Å²) < 4.78 is 2.39. The van der Waals surface area contributed by atoms with Crippen LogP contribution in [0.25, 0.3) is 5.69 Å². The number of hydrogen-bond donors (Lipinski definition) is 1. The summed E-state index contributed by atoms with van der Waals surface area (Å²) in [7, 11) is 0. The third-order valence-corrected chi connectivity index (χ3v) is 8.21. The molecular weight excluding hydrogens is 450 g/mol. The van der Waals surface area contributed by atoms with E-state index in [1.54, 1.807) is 0 Å². The Hall–Kier alpha value is -2.86. The van der Waals surface area contributed by atoms with Crippen molar-refractivity contribution in [3.63, 3.8) is 0 Å². The molecule has 0 radical (unpaired) electrons. The summed E-state index contributed by atoms with van der Waals surface area (Å²) in [6, 6.07) is 18.2. The molecule has 1 saturated carbocycles. The number of benzene rings is 1. The predicted octanol–water partition coefficient (Wildman–Crippen LogP) is 6.25. The molecule has 6 heteroatoms. The van der Waals surface area contributed by atoms with Crippen LogP contribution in [0.5, 0.6) is 0 Å². The van der Waals surface area contributed by atoms with Crippen LogP contribution >= 0.6 is 12.2 Å². The number of hydrogen-bond acceptors (Lipinski definition) is 3. The lowest BCUT2D eigenvalue weighted by Crippen LogP contribution is -2.37. The van der Waals surface area contributed by atoms with Crippen molar-refractivity contribution < 1.29 is 0 Å². The minimum atomic E-state index is 0.0447. The average Bonchev–Trinajstić information content (AvgIpc) is 3.59. The second kappa shape index (κ2) is 10.0. The number of aryl methyl sites for hydroxylation is 1. The van der Waals surface area contributed by atoms with Gasteiger partial charge in [-0.3, -0.25) is 4.98 Å². The number of thiocarbonyl (C=S) groups is 1. The van der Waals surface area contributed by atoms with E-state index in [2.05, 4.69) is 89.8 Å². The largest absolute Gasteiger partial charge is 0.372 e. The first-order chi connectivity index (χ1) is 17.0. The molecule has 5 rings (SSSR count). The molecule has 1 aliphatic heterocycles. The fraction of sp³-hybridized carbons (Fsp3) is 0.448. The zero-order valence-electron chi connectivity index (χ0n) is 21.4. The maximum Gasteiger partial charge on any atom is 0.170 e. The Bertz CT molecular complexity index is 1160. The molecule has 1 saturated heterocycles. The summed E-state index contributed by atoms with van der Waals surface area (Å²) in [6.45, 7) is 10.9. The number of nitrogens with zero attached hydrogens (tertiary/aromatic N) is 4. The first-order valence-electron chi connectivity index (χ1n) is 13.1. The van der Waals surface area contributed by atoms with E-state index in [0.717, 1.165) is 23.9 Å². The monoisotopic (exact) mass is 487 g/mol. The van der Waals surface area contributed by atoms with E-state index in [1.807, 2.05) is 12.3 Å². The van der Waals surface area contributed by atoms with E-state index in [9.17, 15) is 0 Å². The smallest absolute Gasteiger partial charge is 0.170 e. The van der Waals surface area contributed by atoms with Gasteiger partial charge in [0.2, 0.25) is 0 Å². The highest BCUT2D eigenvalue weighted by molar-refractivity contribution is 7.80. The van der Waals surface area contributed by atoms with Crippen LogP contribution in [0.2, 0.25) is 0 Å². The highest BCUT2D eigenvalue weighted by Crippen LogP contribution is 2.44. The molecular formula is C29H37N5S. The molecule has 2 atom stereocenters. The molecule has 1 N–H and O–H groups in total. The molecule has 2 aromatic heterocycles. The van der Waals surface area contributed by atoms with Crippen molar-refractivity contribution in [3.05, 3.63) is 77.4 Å². The van der Waals surface area contributed by atoms with Crippen LogP contribution in [0.15, 0.2) is 54.7 Å². The second-order valence-corrected chi connectivity index (χ2v) is 10.2. The third kappa shape index (κ3) is 4.33. The maximum atomic E-state index is 5.94. The summed E-state index contributed by atoms with van der Waals surface area (Å²) in [5.74, 6) is 0. The van der Waals surface area contributed by atoms with E-state index in [0.29, 0.717) is 6.04 Å². The van der Waals surface area contributed by atoms with Gasteiger partial charge in [0.05, 0.1) is 17.8 Å². The van der Waals surface area contributed by atoms with Gasteiger partial charge in [0.25, 0.3) is 0 Å². The Kier molecular flexibility index (Phi) is 6.83. The molecule has 1 aliphatic carbocycles. The van der Waals surface area contributed by atoms with Gasteiger partial charge in [-0.25, -0.2) is 0 Å². The van der Waals surface area contributed by atoms with Crippen LogP contribution in [0.3, 0.4) is 0 Å². The molecule has 3 aromatic rings. The Morgan fingerprint density at radius 2 is 1.74 bits per heavy atom. The lowest BCUT2D eigenvalue weighted by molar-refractivity contribution is 0.245. The molecule has 2 fully saturated rings. The number of aromatic nitrogens is 2. The summed E-state index contributed by atoms with van der Waals surface area (Å²) in [5.41, 5.74) is 7.39. The van der Waals surface area contributed by atoms with Gasteiger partial charge in [0.1, 0.15) is 0 Å². The number of rotatable bonds is 7. The molecule has 2 aliphatic rings. The van der Waals surface area contributed by atoms with Crippen LogP contribution in [0.4, 0.5) is 5.69 Å². The number of nitrogens with one attached hydrogen (secondary N) is 1. The maximum absolute atomic E-state index is 5.94. The van der Waals surface area contributed by atoms with Gasteiger partial charge in [-0.1, -0.05) is 18.9 Å². The van der Waals surface area contributed by atoms with Crippen LogP contribution in [-0.2, 0) is 0 Å². The van der Waals surface area contributed by atoms with Crippen LogP contribution in [0.1, 0.15) is 74.3 Å². The molecule has 0 unspecified atom stereocenters. The van der Waals surface area contributed by atoms with E-state index in [4.69, 9.17) is 17.2 Å². The highest BCUT2D eigenvalue weighted by Gasteiger charge is 2.44. The quantitative estimate of drug-likeness (QED) is 0.399.